The molecule has 0 saturated carbocycles. The van der Waals surface area contributed by atoms with Gasteiger partial charge in [-0.25, -0.2) is 4.39 Å². The number of carbonyl (C=O) groups excluding carboxylic acids is 1. The minimum atomic E-state index is -0.865. The SMILES string of the molecule is O=C1CCC(O)=C1C=Nc1ccc([N+](=O)[O-])cc1F. The number of nitro groups is 1. The molecule has 0 heterocycles. The summed E-state index contributed by atoms with van der Waals surface area (Å²) in [5.41, 5.74) is -0.459. The molecule has 19 heavy (non-hydrogen) atoms. The lowest BCUT2D eigenvalue weighted by atomic mass is 10.2. The molecule has 1 aromatic rings. The second kappa shape index (κ2) is 4.97. The van der Waals surface area contributed by atoms with Crippen molar-refractivity contribution in [3.8, 4) is 0 Å². The fourth-order valence-electron chi connectivity index (χ4n) is 1.66. The van der Waals surface area contributed by atoms with Gasteiger partial charge in [0.05, 0.1) is 22.3 Å². The van der Waals surface area contributed by atoms with E-state index in [0.717, 1.165) is 24.4 Å². The van der Waals surface area contributed by atoms with Crippen molar-refractivity contribution in [1.29, 1.82) is 0 Å². The van der Waals surface area contributed by atoms with Gasteiger partial charge in [0, 0.05) is 25.1 Å². The maximum Gasteiger partial charge on any atom is 0.272 e. The smallest absolute Gasteiger partial charge is 0.272 e. The highest BCUT2D eigenvalue weighted by atomic mass is 19.1. The predicted octanol–water partition coefficient (Wildman–Crippen LogP) is 2.61. The van der Waals surface area contributed by atoms with E-state index in [9.17, 15) is 24.4 Å². The van der Waals surface area contributed by atoms with Crippen molar-refractivity contribution in [2.45, 2.75) is 12.8 Å². The Morgan fingerprint density at radius 1 is 1.42 bits per heavy atom. The van der Waals surface area contributed by atoms with Crippen LogP contribution < -0.4 is 0 Å². The molecular formula is C12H9FN2O4. The van der Waals surface area contributed by atoms with Gasteiger partial charge < -0.3 is 5.11 Å². The molecule has 0 fully saturated rings. The number of nitro benzene ring substituents is 1. The van der Waals surface area contributed by atoms with E-state index in [-0.39, 0.29) is 41.3 Å². The number of aliphatic hydroxyl groups excluding tert-OH is 1. The predicted molar refractivity (Wildman–Crippen MR) is 65.1 cm³/mol. The highest BCUT2D eigenvalue weighted by molar-refractivity contribution is 6.15. The van der Waals surface area contributed by atoms with E-state index in [4.69, 9.17) is 0 Å². The number of hydrogen-bond donors (Lipinski definition) is 1. The van der Waals surface area contributed by atoms with E-state index in [1.807, 2.05) is 0 Å². The fraction of sp³-hybridized carbons (Fsp3) is 0.167. The largest absolute Gasteiger partial charge is 0.511 e. The first-order valence-electron chi connectivity index (χ1n) is 5.42. The number of hydrogen-bond acceptors (Lipinski definition) is 5. The standard InChI is InChI=1S/C12H9FN2O4/c13-9-5-7(15(18)19)1-2-10(9)14-6-8-11(16)3-4-12(8)17/h1-2,5-6,16H,3-4H2. The summed E-state index contributed by atoms with van der Waals surface area (Å²) in [5, 5.41) is 19.8. The van der Waals surface area contributed by atoms with E-state index in [1.165, 1.54) is 0 Å². The number of Topliss-reactive ketones (excluding diaryl/α,β-unsaturated/α-hetero) is 1. The van der Waals surface area contributed by atoms with Crippen LogP contribution in [0.1, 0.15) is 12.8 Å². The number of nitrogens with zero attached hydrogens (tertiary/aromatic N) is 2. The first-order chi connectivity index (χ1) is 8.99. The van der Waals surface area contributed by atoms with Gasteiger partial charge in [-0.1, -0.05) is 0 Å². The molecule has 0 spiro atoms. The van der Waals surface area contributed by atoms with E-state index in [0.29, 0.717) is 0 Å². The average Bonchev–Trinajstić information content (AvgIpc) is 2.68. The molecule has 0 bridgehead atoms. The summed E-state index contributed by atoms with van der Waals surface area (Å²) >= 11 is 0. The van der Waals surface area contributed by atoms with Crippen molar-refractivity contribution in [2.24, 2.45) is 4.99 Å². The Bertz CT molecular complexity index is 622. The first-order valence-corrected chi connectivity index (χ1v) is 5.42. The van der Waals surface area contributed by atoms with Gasteiger partial charge in [-0.05, 0) is 6.07 Å². The van der Waals surface area contributed by atoms with Gasteiger partial charge in [-0.3, -0.25) is 19.9 Å². The Morgan fingerprint density at radius 2 is 2.16 bits per heavy atom. The van der Waals surface area contributed by atoms with E-state index in [2.05, 4.69) is 4.99 Å². The number of ketones is 1. The summed E-state index contributed by atoms with van der Waals surface area (Å²) < 4.78 is 13.5. The minimum Gasteiger partial charge on any atom is -0.511 e. The summed E-state index contributed by atoms with van der Waals surface area (Å²) in [5.74, 6) is -1.20. The van der Waals surface area contributed by atoms with Crippen molar-refractivity contribution in [3.05, 3.63) is 45.5 Å². The number of benzene rings is 1. The lowest BCUT2D eigenvalue weighted by Gasteiger charge is -1.97. The van der Waals surface area contributed by atoms with Gasteiger partial charge in [-0.15, -0.1) is 0 Å². The van der Waals surface area contributed by atoms with Crippen LogP contribution in [0.2, 0.25) is 0 Å². The Kier molecular flexibility index (Phi) is 3.37. The molecule has 0 aromatic heterocycles. The monoisotopic (exact) mass is 264 g/mol. The van der Waals surface area contributed by atoms with Gasteiger partial charge in [0.15, 0.2) is 11.6 Å². The molecule has 0 atom stereocenters. The topological polar surface area (TPSA) is 92.8 Å². The molecule has 7 heteroatoms. The molecule has 0 radical (unpaired) electrons. The van der Waals surface area contributed by atoms with Crippen LogP contribution in [0.15, 0.2) is 34.5 Å². The van der Waals surface area contributed by atoms with Crippen LogP contribution in [0.25, 0.3) is 0 Å². The maximum atomic E-state index is 13.5. The summed E-state index contributed by atoms with van der Waals surface area (Å²) in [6, 6.07) is 3.00. The minimum absolute atomic E-state index is 0.0535. The second-order valence-corrected chi connectivity index (χ2v) is 3.93. The van der Waals surface area contributed by atoms with Gasteiger partial charge in [0.1, 0.15) is 5.76 Å². The number of carbonyl (C=O) groups is 1. The summed E-state index contributed by atoms with van der Waals surface area (Å²) in [7, 11) is 0. The summed E-state index contributed by atoms with van der Waals surface area (Å²) in [6.45, 7) is 0. The van der Waals surface area contributed by atoms with Crippen molar-refractivity contribution in [2.75, 3.05) is 0 Å². The Hall–Kier alpha value is -2.57. The molecule has 1 aliphatic rings. The maximum absolute atomic E-state index is 13.5. The Balaban J connectivity index is 2.27. The first kappa shape index (κ1) is 12.9. The van der Waals surface area contributed by atoms with Crippen LogP contribution in [0.4, 0.5) is 15.8 Å². The third-order valence-corrected chi connectivity index (χ3v) is 2.67. The molecule has 1 aliphatic carbocycles. The lowest BCUT2D eigenvalue weighted by molar-refractivity contribution is -0.385. The molecular weight excluding hydrogens is 255 g/mol. The van der Waals surface area contributed by atoms with Gasteiger partial charge in [0.2, 0.25) is 0 Å². The fourth-order valence-corrected chi connectivity index (χ4v) is 1.66. The zero-order valence-electron chi connectivity index (χ0n) is 9.67. The Morgan fingerprint density at radius 3 is 2.68 bits per heavy atom. The molecule has 2 rings (SSSR count). The van der Waals surface area contributed by atoms with Crippen molar-refractivity contribution < 1.29 is 19.2 Å². The van der Waals surface area contributed by atoms with Gasteiger partial charge in [-0.2, -0.15) is 0 Å². The number of non-ortho nitro benzene ring substituents is 1. The van der Waals surface area contributed by atoms with Crippen LogP contribution in [-0.2, 0) is 4.79 Å². The van der Waals surface area contributed by atoms with Crippen LogP contribution in [0.5, 0.6) is 0 Å². The molecule has 6 nitrogen and oxygen atoms in total. The van der Waals surface area contributed by atoms with Crippen LogP contribution in [-0.4, -0.2) is 22.0 Å². The molecule has 0 amide bonds. The number of aliphatic hydroxyl groups is 1. The third-order valence-electron chi connectivity index (χ3n) is 2.67. The molecule has 1 N–H and O–H groups in total. The third kappa shape index (κ3) is 2.65. The van der Waals surface area contributed by atoms with Crippen LogP contribution >= 0.6 is 0 Å². The second-order valence-electron chi connectivity index (χ2n) is 3.93. The van der Waals surface area contributed by atoms with Crippen LogP contribution in [0.3, 0.4) is 0 Å². The summed E-state index contributed by atoms with van der Waals surface area (Å²) in [4.78, 5) is 24.8. The van der Waals surface area contributed by atoms with E-state index >= 15 is 0 Å². The van der Waals surface area contributed by atoms with E-state index < -0.39 is 10.7 Å². The van der Waals surface area contributed by atoms with Crippen molar-refractivity contribution >= 4 is 23.4 Å². The molecule has 0 saturated heterocycles. The zero-order valence-corrected chi connectivity index (χ0v) is 9.67. The van der Waals surface area contributed by atoms with Gasteiger partial charge in [0.25, 0.3) is 5.69 Å². The van der Waals surface area contributed by atoms with Crippen LogP contribution in [0, 0.1) is 15.9 Å². The number of rotatable bonds is 3. The number of allylic oxidation sites excluding steroid dienone is 2. The zero-order chi connectivity index (χ0) is 14.0. The van der Waals surface area contributed by atoms with Crippen molar-refractivity contribution in [1.82, 2.24) is 0 Å². The normalized spacial score (nSPS) is 15.5. The highest BCUT2D eigenvalue weighted by Crippen LogP contribution is 2.24. The average molecular weight is 264 g/mol. The highest BCUT2D eigenvalue weighted by Gasteiger charge is 2.21. The molecule has 98 valence electrons. The lowest BCUT2D eigenvalue weighted by Crippen LogP contribution is -1.97. The number of aliphatic imine (C=N–C) groups is 1. The van der Waals surface area contributed by atoms with E-state index in [1.54, 1.807) is 0 Å². The molecule has 1 aromatic carbocycles. The Labute approximate surface area is 107 Å². The summed E-state index contributed by atoms with van der Waals surface area (Å²) in [6.07, 6.45) is 1.54. The number of halogens is 1. The molecule has 0 unspecified atom stereocenters. The quantitative estimate of drug-likeness (QED) is 0.516. The van der Waals surface area contributed by atoms with Crippen molar-refractivity contribution in [3.63, 3.8) is 0 Å². The molecule has 0 aliphatic heterocycles. The van der Waals surface area contributed by atoms with Gasteiger partial charge >= 0.3 is 0 Å².